The summed E-state index contributed by atoms with van der Waals surface area (Å²) in [7, 11) is 0. The quantitative estimate of drug-likeness (QED) is 0.411. The van der Waals surface area contributed by atoms with Gasteiger partial charge in [-0.1, -0.05) is 46.8 Å². The lowest BCUT2D eigenvalue weighted by atomic mass is 10.2. The molecule has 0 unspecified atom stereocenters. The fraction of sp³-hybridized carbons (Fsp3) is 0.111. The fourth-order valence-corrected chi connectivity index (χ4v) is 5.29. The van der Waals surface area contributed by atoms with Gasteiger partial charge in [-0.25, -0.2) is 9.37 Å². The van der Waals surface area contributed by atoms with Crippen LogP contribution in [0, 0.1) is 5.82 Å². The van der Waals surface area contributed by atoms with E-state index in [1.54, 1.807) is 35.2 Å². The first-order valence-corrected chi connectivity index (χ1v) is 11.1. The molecule has 0 aliphatic rings. The van der Waals surface area contributed by atoms with E-state index >= 15 is 0 Å². The van der Waals surface area contributed by atoms with Crippen LogP contribution in [-0.2, 0) is 12.3 Å². The Labute approximate surface area is 177 Å². The van der Waals surface area contributed by atoms with Gasteiger partial charge in [0, 0.05) is 11.6 Å². The van der Waals surface area contributed by atoms with Crippen molar-refractivity contribution in [1.82, 2.24) is 20.5 Å². The molecule has 0 saturated carbocycles. The zero-order valence-electron chi connectivity index (χ0n) is 14.2. The van der Waals surface area contributed by atoms with E-state index in [1.807, 2.05) is 18.2 Å². The number of nitrogens with zero attached hydrogens (tertiary/aromatic N) is 3. The van der Waals surface area contributed by atoms with Gasteiger partial charge in [-0.15, -0.1) is 21.5 Å². The van der Waals surface area contributed by atoms with Crippen LogP contribution in [0.5, 0.6) is 0 Å². The molecule has 2 heterocycles. The van der Waals surface area contributed by atoms with Crippen LogP contribution in [0.3, 0.4) is 0 Å². The Kier molecular flexibility index (Phi) is 5.86. The Morgan fingerprint density at radius 1 is 1.14 bits per heavy atom. The first kappa shape index (κ1) is 19.3. The molecule has 0 radical (unpaired) electrons. The number of aromatic nitrogens is 3. The molecule has 1 amide bonds. The number of halogens is 2. The van der Waals surface area contributed by atoms with Crippen LogP contribution in [0.4, 0.5) is 4.39 Å². The highest BCUT2D eigenvalue weighted by atomic mass is 35.5. The molecular weight excluding hydrogens is 439 g/mol. The van der Waals surface area contributed by atoms with Gasteiger partial charge in [0.15, 0.2) is 4.34 Å². The molecule has 4 rings (SSSR count). The normalized spacial score (nSPS) is 11.1. The molecule has 10 heteroatoms. The number of benzene rings is 2. The molecule has 0 bridgehead atoms. The summed E-state index contributed by atoms with van der Waals surface area (Å²) in [5.41, 5.74) is 1.68. The highest BCUT2D eigenvalue weighted by Gasteiger charge is 2.14. The zero-order chi connectivity index (χ0) is 19.5. The number of hydrogen-bond donors (Lipinski definition) is 1. The number of carbonyl (C=O) groups excluding carboxylic acids is 1. The molecule has 28 heavy (non-hydrogen) atoms. The van der Waals surface area contributed by atoms with Crippen LogP contribution in [0.15, 0.2) is 46.8 Å². The van der Waals surface area contributed by atoms with Gasteiger partial charge in [0.05, 0.1) is 16.0 Å². The van der Waals surface area contributed by atoms with Gasteiger partial charge >= 0.3 is 0 Å². The van der Waals surface area contributed by atoms with E-state index in [2.05, 4.69) is 20.5 Å². The number of thiazole rings is 1. The van der Waals surface area contributed by atoms with Gasteiger partial charge in [-0.3, -0.25) is 4.79 Å². The van der Waals surface area contributed by atoms with Crippen molar-refractivity contribution >= 4 is 62.2 Å². The molecule has 2 aromatic heterocycles. The third-order valence-corrected chi connectivity index (χ3v) is 7.21. The second kappa shape index (κ2) is 8.52. The third-order valence-electron chi connectivity index (χ3n) is 3.68. The van der Waals surface area contributed by atoms with Crippen molar-refractivity contribution in [2.45, 2.75) is 16.6 Å². The number of hydrogen-bond acceptors (Lipinski definition) is 7. The summed E-state index contributed by atoms with van der Waals surface area (Å²) in [5.74, 6) is -0.0264. The molecule has 1 N–H and O–H groups in total. The monoisotopic (exact) mass is 450 g/mol. The van der Waals surface area contributed by atoms with Crippen molar-refractivity contribution in [3.05, 3.63) is 68.9 Å². The van der Waals surface area contributed by atoms with E-state index in [0.29, 0.717) is 22.3 Å². The predicted molar refractivity (Wildman–Crippen MR) is 112 cm³/mol. The Hall–Kier alpha value is -2.07. The maximum Gasteiger partial charge on any atom is 0.282 e. The van der Waals surface area contributed by atoms with Crippen molar-refractivity contribution in [1.29, 1.82) is 0 Å². The summed E-state index contributed by atoms with van der Waals surface area (Å²) >= 11 is 10.4. The number of amides is 1. The van der Waals surface area contributed by atoms with Gasteiger partial charge in [0.25, 0.3) is 5.91 Å². The summed E-state index contributed by atoms with van der Waals surface area (Å²) in [4.78, 5) is 16.8. The maximum absolute atomic E-state index is 12.9. The molecule has 0 fully saturated rings. The summed E-state index contributed by atoms with van der Waals surface area (Å²) in [5, 5.41) is 12.5. The summed E-state index contributed by atoms with van der Waals surface area (Å²) in [6.07, 6.45) is 0. The molecule has 0 atom stereocenters. The van der Waals surface area contributed by atoms with Crippen LogP contribution in [0.2, 0.25) is 5.02 Å². The highest BCUT2D eigenvalue weighted by molar-refractivity contribution is 8.00. The molecule has 0 aliphatic heterocycles. The molecule has 4 aromatic rings. The summed E-state index contributed by atoms with van der Waals surface area (Å²) in [6.45, 7) is 0.303. The second-order valence-electron chi connectivity index (χ2n) is 5.69. The minimum absolute atomic E-state index is 0.298. The van der Waals surface area contributed by atoms with Crippen molar-refractivity contribution in [3.63, 3.8) is 0 Å². The number of thioether (sulfide) groups is 1. The van der Waals surface area contributed by atoms with Crippen molar-refractivity contribution in [2.24, 2.45) is 0 Å². The topological polar surface area (TPSA) is 67.8 Å². The Bertz CT molecular complexity index is 1130. The fourth-order valence-electron chi connectivity index (χ4n) is 2.33. The third kappa shape index (κ3) is 4.67. The predicted octanol–water partition coefficient (Wildman–Crippen LogP) is 5.16. The van der Waals surface area contributed by atoms with Gasteiger partial charge < -0.3 is 5.32 Å². The molecule has 142 valence electrons. The lowest BCUT2D eigenvalue weighted by Gasteiger charge is -2.02. The minimum atomic E-state index is -0.308. The van der Waals surface area contributed by atoms with Crippen molar-refractivity contribution in [3.8, 4) is 0 Å². The van der Waals surface area contributed by atoms with Crippen molar-refractivity contribution in [2.75, 3.05) is 0 Å². The number of fused-ring (bicyclic) bond motifs is 1. The van der Waals surface area contributed by atoms with E-state index in [9.17, 15) is 9.18 Å². The van der Waals surface area contributed by atoms with E-state index in [-0.39, 0.29) is 11.7 Å². The van der Waals surface area contributed by atoms with Crippen LogP contribution in [0.25, 0.3) is 10.2 Å². The van der Waals surface area contributed by atoms with Crippen LogP contribution >= 0.6 is 46.0 Å². The molecule has 0 spiro atoms. The van der Waals surface area contributed by atoms with Crippen LogP contribution in [0.1, 0.15) is 20.4 Å². The van der Waals surface area contributed by atoms with Gasteiger partial charge in [-0.2, -0.15) is 0 Å². The van der Waals surface area contributed by atoms with E-state index in [1.165, 1.54) is 23.5 Å². The first-order valence-electron chi connectivity index (χ1n) is 8.11. The first-order chi connectivity index (χ1) is 13.6. The molecule has 0 saturated heterocycles. The average molecular weight is 451 g/mol. The van der Waals surface area contributed by atoms with Crippen LogP contribution in [-0.4, -0.2) is 21.1 Å². The Morgan fingerprint density at radius 2 is 1.96 bits per heavy atom. The van der Waals surface area contributed by atoms with Crippen molar-refractivity contribution < 1.29 is 9.18 Å². The molecular formula is C18H12ClFN4OS3. The van der Waals surface area contributed by atoms with E-state index in [0.717, 1.165) is 25.1 Å². The Balaban J connectivity index is 1.34. The van der Waals surface area contributed by atoms with Gasteiger partial charge in [-0.05, 0) is 35.9 Å². The Morgan fingerprint density at radius 3 is 2.79 bits per heavy atom. The molecule has 2 aromatic carbocycles. The average Bonchev–Trinajstić information content (AvgIpc) is 3.32. The van der Waals surface area contributed by atoms with Gasteiger partial charge in [0.2, 0.25) is 5.01 Å². The second-order valence-corrected chi connectivity index (χ2v) is 9.44. The lowest BCUT2D eigenvalue weighted by Crippen LogP contribution is -2.22. The smallest absolute Gasteiger partial charge is 0.282 e. The van der Waals surface area contributed by atoms with E-state index < -0.39 is 0 Å². The number of nitrogens with one attached hydrogen (secondary N) is 1. The molecule has 5 nitrogen and oxygen atoms in total. The lowest BCUT2D eigenvalue weighted by molar-refractivity contribution is 0.0950. The minimum Gasteiger partial charge on any atom is -0.346 e. The standard InChI is InChI=1S/C18H12ClFN4OS3/c19-11-3-6-14-13(7-11)22-18(27-14)26-9-15-23-24-17(28-15)16(25)21-8-10-1-4-12(20)5-2-10/h1-7H,8-9H2,(H,21,25). The molecule has 0 aliphatic carbocycles. The number of carbonyl (C=O) groups is 1. The number of rotatable bonds is 6. The highest BCUT2D eigenvalue weighted by Crippen LogP contribution is 2.33. The summed E-state index contributed by atoms with van der Waals surface area (Å²) < 4.78 is 14.9. The SMILES string of the molecule is O=C(NCc1ccc(F)cc1)c1nnc(CSc2nc3cc(Cl)ccc3s2)s1. The zero-order valence-corrected chi connectivity index (χ0v) is 17.4. The van der Waals surface area contributed by atoms with Gasteiger partial charge in [0.1, 0.15) is 10.8 Å². The summed E-state index contributed by atoms with van der Waals surface area (Å²) in [6, 6.07) is 11.6. The largest absolute Gasteiger partial charge is 0.346 e. The van der Waals surface area contributed by atoms with Crippen LogP contribution < -0.4 is 5.32 Å². The maximum atomic E-state index is 12.9. The van der Waals surface area contributed by atoms with E-state index in [4.69, 9.17) is 11.6 Å².